The minimum atomic E-state index is -0.213. The summed E-state index contributed by atoms with van der Waals surface area (Å²) in [4.78, 5) is 15.2. The monoisotopic (exact) mass is 316 g/mol. The lowest BCUT2D eigenvalue weighted by Crippen LogP contribution is -2.31. The second kappa shape index (κ2) is 7.84. The van der Waals surface area contributed by atoms with Crippen LogP contribution >= 0.6 is 24.0 Å². The normalized spacial score (nSPS) is 9.90. The number of nitrogens with one attached hydrogen (secondary N) is 1. The summed E-state index contributed by atoms with van der Waals surface area (Å²) in [7, 11) is 0. The number of hydrogen-bond acceptors (Lipinski definition) is 5. The molecule has 1 aromatic heterocycles. The Morgan fingerprint density at radius 2 is 2.25 bits per heavy atom. The number of benzene rings is 1. The van der Waals surface area contributed by atoms with Gasteiger partial charge in [-0.15, -0.1) is 12.4 Å². The first-order valence-corrected chi connectivity index (χ1v) is 6.12. The molecular weight excluding hydrogens is 303 g/mol. The van der Waals surface area contributed by atoms with Crippen LogP contribution in [0.2, 0.25) is 5.02 Å². The van der Waals surface area contributed by atoms with Gasteiger partial charge in [0.05, 0.1) is 6.54 Å². The number of hydrogen-bond donors (Lipinski definition) is 2. The molecule has 0 saturated carbocycles. The van der Waals surface area contributed by atoms with Crippen LogP contribution in [0.25, 0.3) is 11.4 Å². The highest BCUT2D eigenvalue weighted by Crippen LogP contribution is 2.19. The maximum Gasteiger partial charge on any atom is 0.233 e. The predicted molar refractivity (Wildman–Crippen MR) is 77.8 cm³/mol. The smallest absolute Gasteiger partial charge is 0.233 e. The molecule has 8 heteroatoms. The molecule has 0 unspecified atom stereocenters. The molecule has 0 aliphatic rings. The van der Waals surface area contributed by atoms with Crippen molar-refractivity contribution in [3.63, 3.8) is 0 Å². The van der Waals surface area contributed by atoms with Gasteiger partial charge >= 0.3 is 0 Å². The molecular formula is C12H14Cl2N4O2. The predicted octanol–water partition coefficient (Wildman–Crippen LogP) is 1.43. The van der Waals surface area contributed by atoms with Crippen LogP contribution in [0.5, 0.6) is 0 Å². The SMILES string of the molecule is Cl.NCC(=O)NCCc1nc(-c2cccc(Cl)c2)no1. The zero-order valence-corrected chi connectivity index (χ0v) is 12.1. The van der Waals surface area contributed by atoms with Crippen LogP contribution in [0, 0.1) is 0 Å². The summed E-state index contributed by atoms with van der Waals surface area (Å²) in [6, 6.07) is 7.19. The molecule has 2 aromatic rings. The van der Waals surface area contributed by atoms with Gasteiger partial charge in [0.2, 0.25) is 17.6 Å². The Balaban J connectivity index is 0.00000200. The number of halogens is 2. The molecule has 1 amide bonds. The van der Waals surface area contributed by atoms with Gasteiger partial charge in [-0.3, -0.25) is 4.79 Å². The highest BCUT2D eigenvalue weighted by Gasteiger charge is 2.09. The molecule has 1 heterocycles. The molecule has 0 radical (unpaired) electrons. The molecule has 0 aliphatic carbocycles. The molecule has 0 fully saturated rings. The van der Waals surface area contributed by atoms with Crippen LogP contribution in [0.4, 0.5) is 0 Å². The zero-order valence-electron chi connectivity index (χ0n) is 10.5. The van der Waals surface area contributed by atoms with Crippen molar-refractivity contribution in [1.82, 2.24) is 15.5 Å². The molecule has 6 nitrogen and oxygen atoms in total. The van der Waals surface area contributed by atoms with Crippen molar-refractivity contribution in [3.05, 3.63) is 35.2 Å². The van der Waals surface area contributed by atoms with Gasteiger partial charge in [-0.25, -0.2) is 0 Å². The van der Waals surface area contributed by atoms with Crippen molar-refractivity contribution in [2.45, 2.75) is 6.42 Å². The van der Waals surface area contributed by atoms with Gasteiger partial charge < -0.3 is 15.6 Å². The summed E-state index contributed by atoms with van der Waals surface area (Å²) in [6.07, 6.45) is 0.458. The lowest BCUT2D eigenvalue weighted by Gasteiger charge is -1.99. The van der Waals surface area contributed by atoms with Gasteiger partial charge in [0.25, 0.3) is 0 Å². The van der Waals surface area contributed by atoms with E-state index in [-0.39, 0.29) is 24.9 Å². The van der Waals surface area contributed by atoms with Crippen molar-refractivity contribution in [2.24, 2.45) is 5.73 Å². The van der Waals surface area contributed by atoms with Crippen LogP contribution in [-0.2, 0) is 11.2 Å². The van der Waals surface area contributed by atoms with Gasteiger partial charge in [0, 0.05) is 23.6 Å². The average molecular weight is 317 g/mol. The summed E-state index contributed by atoms with van der Waals surface area (Å²) >= 11 is 5.89. The van der Waals surface area contributed by atoms with Crippen molar-refractivity contribution in [2.75, 3.05) is 13.1 Å². The Hall–Kier alpha value is -1.63. The Bertz CT molecular complexity index is 574. The first kappa shape index (κ1) is 16.4. The van der Waals surface area contributed by atoms with E-state index in [0.717, 1.165) is 5.56 Å². The number of nitrogens with zero attached hydrogens (tertiary/aromatic N) is 2. The number of carbonyl (C=O) groups is 1. The van der Waals surface area contributed by atoms with E-state index < -0.39 is 0 Å². The topological polar surface area (TPSA) is 94.0 Å². The van der Waals surface area contributed by atoms with E-state index in [1.54, 1.807) is 12.1 Å². The standard InChI is InChI=1S/C12H13ClN4O2.ClH/c13-9-3-1-2-8(6-9)12-16-11(19-17-12)4-5-15-10(18)7-14;/h1-3,6H,4-5,7,14H2,(H,15,18);1H. The fourth-order valence-electron chi connectivity index (χ4n) is 1.48. The first-order valence-electron chi connectivity index (χ1n) is 5.74. The minimum Gasteiger partial charge on any atom is -0.354 e. The van der Waals surface area contributed by atoms with Crippen molar-refractivity contribution in [3.8, 4) is 11.4 Å². The van der Waals surface area contributed by atoms with Crippen LogP contribution in [0.1, 0.15) is 5.89 Å². The molecule has 0 bridgehead atoms. The van der Waals surface area contributed by atoms with E-state index in [1.807, 2.05) is 12.1 Å². The van der Waals surface area contributed by atoms with Gasteiger partial charge in [-0.2, -0.15) is 4.98 Å². The summed E-state index contributed by atoms with van der Waals surface area (Å²) in [5.41, 5.74) is 5.96. The fourth-order valence-corrected chi connectivity index (χ4v) is 1.67. The molecule has 0 saturated heterocycles. The third-order valence-corrected chi connectivity index (χ3v) is 2.63. The van der Waals surface area contributed by atoms with E-state index in [0.29, 0.717) is 29.7 Å². The van der Waals surface area contributed by atoms with Gasteiger partial charge in [-0.05, 0) is 12.1 Å². The zero-order chi connectivity index (χ0) is 13.7. The van der Waals surface area contributed by atoms with E-state index >= 15 is 0 Å². The summed E-state index contributed by atoms with van der Waals surface area (Å²) in [5.74, 6) is 0.713. The third-order valence-electron chi connectivity index (χ3n) is 2.40. The maximum absolute atomic E-state index is 10.9. The number of aromatic nitrogens is 2. The summed E-state index contributed by atoms with van der Waals surface area (Å²) in [5, 5.41) is 7.10. The molecule has 0 atom stereocenters. The second-order valence-electron chi connectivity index (χ2n) is 3.83. The Morgan fingerprint density at radius 1 is 1.45 bits per heavy atom. The number of rotatable bonds is 5. The Labute approximate surface area is 127 Å². The molecule has 3 N–H and O–H groups in total. The van der Waals surface area contributed by atoms with Gasteiger partial charge in [-0.1, -0.05) is 28.9 Å². The highest BCUT2D eigenvalue weighted by molar-refractivity contribution is 6.30. The molecule has 1 aromatic carbocycles. The second-order valence-corrected chi connectivity index (χ2v) is 4.26. The summed E-state index contributed by atoms with van der Waals surface area (Å²) in [6.45, 7) is 0.380. The van der Waals surface area contributed by atoms with Crippen molar-refractivity contribution < 1.29 is 9.32 Å². The average Bonchev–Trinajstić information content (AvgIpc) is 2.87. The van der Waals surface area contributed by atoms with Crippen molar-refractivity contribution in [1.29, 1.82) is 0 Å². The van der Waals surface area contributed by atoms with E-state index in [2.05, 4.69) is 15.5 Å². The van der Waals surface area contributed by atoms with E-state index in [9.17, 15) is 4.79 Å². The lowest BCUT2D eigenvalue weighted by molar-refractivity contribution is -0.119. The molecule has 2 rings (SSSR count). The number of amides is 1. The number of nitrogens with two attached hydrogens (primary N) is 1. The highest BCUT2D eigenvalue weighted by atomic mass is 35.5. The largest absolute Gasteiger partial charge is 0.354 e. The Morgan fingerprint density at radius 3 is 2.95 bits per heavy atom. The quantitative estimate of drug-likeness (QED) is 0.870. The lowest BCUT2D eigenvalue weighted by atomic mass is 10.2. The Kier molecular flexibility index (Phi) is 6.44. The number of carbonyl (C=O) groups excluding carboxylic acids is 1. The van der Waals surface area contributed by atoms with Crippen molar-refractivity contribution >= 4 is 29.9 Å². The molecule has 0 aliphatic heterocycles. The van der Waals surface area contributed by atoms with E-state index in [1.165, 1.54) is 0 Å². The molecule has 108 valence electrons. The van der Waals surface area contributed by atoms with E-state index in [4.69, 9.17) is 21.9 Å². The fraction of sp³-hybridized carbons (Fsp3) is 0.250. The van der Waals surface area contributed by atoms with Crippen LogP contribution < -0.4 is 11.1 Å². The summed E-state index contributed by atoms with van der Waals surface area (Å²) < 4.78 is 5.09. The van der Waals surface area contributed by atoms with Crippen LogP contribution in [0.3, 0.4) is 0 Å². The first-order chi connectivity index (χ1) is 9.19. The minimum absolute atomic E-state index is 0. The maximum atomic E-state index is 10.9. The van der Waals surface area contributed by atoms with Crippen LogP contribution in [0.15, 0.2) is 28.8 Å². The van der Waals surface area contributed by atoms with Gasteiger partial charge in [0.15, 0.2) is 0 Å². The molecule has 20 heavy (non-hydrogen) atoms. The van der Waals surface area contributed by atoms with Gasteiger partial charge in [0.1, 0.15) is 0 Å². The van der Waals surface area contributed by atoms with Crippen LogP contribution in [-0.4, -0.2) is 29.1 Å². The molecule has 0 spiro atoms. The third kappa shape index (κ3) is 4.48.